The molecule has 0 radical (unpaired) electrons. The Kier molecular flexibility index (Phi) is 4.55. The van der Waals surface area contributed by atoms with E-state index in [0.717, 1.165) is 31.5 Å². The van der Waals surface area contributed by atoms with Crippen molar-refractivity contribution in [3.63, 3.8) is 0 Å². The van der Waals surface area contributed by atoms with Gasteiger partial charge < -0.3 is 15.7 Å². The van der Waals surface area contributed by atoms with Crippen molar-refractivity contribution >= 4 is 17.2 Å². The highest BCUT2D eigenvalue weighted by atomic mass is 32.1. The molecule has 1 aromatic rings. The highest BCUT2D eigenvalue weighted by molar-refractivity contribution is 7.80. The van der Waals surface area contributed by atoms with Crippen molar-refractivity contribution in [2.75, 3.05) is 13.6 Å². The van der Waals surface area contributed by atoms with Gasteiger partial charge in [0.15, 0.2) is 0 Å². The third kappa shape index (κ3) is 3.75. The summed E-state index contributed by atoms with van der Waals surface area (Å²) in [4.78, 5) is 2.77. The molecule has 0 amide bonds. The van der Waals surface area contributed by atoms with E-state index in [4.69, 9.17) is 18.0 Å². The third-order valence-corrected chi connectivity index (χ3v) is 4.08. The molecule has 1 saturated carbocycles. The summed E-state index contributed by atoms with van der Waals surface area (Å²) in [6, 6.07) is 6.15. The average Bonchev–Trinajstić information content (AvgIpc) is 2.29. The molecule has 0 atom stereocenters. The molecule has 0 bridgehead atoms. The Bertz CT molecular complexity index is 469. The van der Waals surface area contributed by atoms with Crippen LogP contribution in [0.2, 0.25) is 0 Å². The monoisotopic (exact) mass is 278 g/mol. The van der Waals surface area contributed by atoms with Crippen LogP contribution in [0.5, 0.6) is 0 Å². The summed E-state index contributed by atoms with van der Waals surface area (Å²) in [6.07, 6.45) is 1.83. The Morgan fingerprint density at radius 2 is 2.16 bits per heavy atom. The van der Waals surface area contributed by atoms with Gasteiger partial charge in [0.05, 0.1) is 6.10 Å². The lowest BCUT2D eigenvalue weighted by Crippen LogP contribution is -2.36. The second-order valence-electron chi connectivity index (χ2n) is 5.69. The van der Waals surface area contributed by atoms with Crippen LogP contribution in [0.15, 0.2) is 18.2 Å². The summed E-state index contributed by atoms with van der Waals surface area (Å²) < 4.78 is 0. The number of benzene rings is 1. The van der Waals surface area contributed by atoms with Gasteiger partial charge in [0.2, 0.25) is 0 Å². The molecule has 104 valence electrons. The molecule has 0 saturated heterocycles. The first-order valence-corrected chi connectivity index (χ1v) is 7.12. The van der Waals surface area contributed by atoms with Gasteiger partial charge in [-0.05, 0) is 49.9 Å². The van der Waals surface area contributed by atoms with Gasteiger partial charge in [-0.25, -0.2) is 0 Å². The minimum atomic E-state index is -0.0648. The van der Waals surface area contributed by atoms with E-state index in [1.165, 1.54) is 11.1 Å². The minimum absolute atomic E-state index is 0.0648. The fourth-order valence-corrected chi connectivity index (χ4v) is 2.80. The quantitative estimate of drug-likeness (QED) is 0.807. The first-order valence-electron chi connectivity index (χ1n) is 6.71. The first kappa shape index (κ1) is 14.4. The lowest BCUT2D eigenvalue weighted by molar-refractivity contribution is 0.0273. The summed E-state index contributed by atoms with van der Waals surface area (Å²) in [5, 5.41) is 9.31. The van der Waals surface area contributed by atoms with E-state index in [1.807, 2.05) is 6.07 Å². The molecular weight excluding hydrogens is 256 g/mol. The van der Waals surface area contributed by atoms with Gasteiger partial charge in [-0.2, -0.15) is 0 Å². The normalized spacial score (nSPS) is 22.3. The van der Waals surface area contributed by atoms with Gasteiger partial charge in [-0.15, -0.1) is 0 Å². The molecule has 1 aromatic carbocycles. The third-order valence-electron chi connectivity index (χ3n) is 3.85. The van der Waals surface area contributed by atoms with Gasteiger partial charge in [-0.3, -0.25) is 0 Å². The number of aliphatic hydroxyl groups is 1. The van der Waals surface area contributed by atoms with Crippen molar-refractivity contribution in [3.8, 4) is 0 Å². The van der Waals surface area contributed by atoms with Crippen molar-refractivity contribution < 1.29 is 5.11 Å². The SMILES string of the molecule is Cc1cc(C(N)=S)ccc1CN(C)CC1CC(O)C1. The van der Waals surface area contributed by atoms with Gasteiger partial charge >= 0.3 is 0 Å². The van der Waals surface area contributed by atoms with Crippen molar-refractivity contribution in [1.82, 2.24) is 4.90 Å². The van der Waals surface area contributed by atoms with Gasteiger partial charge in [0.1, 0.15) is 4.99 Å². The summed E-state index contributed by atoms with van der Waals surface area (Å²) in [6.45, 7) is 4.07. The molecule has 1 aliphatic carbocycles. The Labute approximate surface area is 120 Å². The Morgan fingerprint density at radius 3 is 2.68 bits per heavy atom. The van der Waals surface area contributed by atoms with E-state index in [0.29, 0.717) is 10.9 Å². The van der Waals surface area contributed by atoms with Crippen LogP contribution < -0.4 is 5.73 Å². The number of thiocarbonyl (C=S) groups is 1. The van der Waals surface area contributed by atoms with E-state index >= 15 is 0 Å². The van der Waals surface area contributed by atoms with Crippen molar-refractivity contribution in [1.29, 1.82) is 0 Å². The molecule has 3 nitrogen and oxygen atoms in total. The summed E-state index contributed by atoms with van der Waals surface area (Å²) in [7, 11) is 2.13. The van der Waals surface area contributed by atoms with Crippen LogP contribution in [-0.2, 0) is 6.54 Å². The molecule has 2 rings (SSSR count). The zero-order valence-corrected chi connectivity index (χ0v) is 12.4. The predicted octanol–water partition coefficient (Wildman–Crippen LogP) is 1.83. The number of hydrogen-bond donors (Lipinski definition) is 2. The van der Waals surface area contributed by atoms with E-state index in [1.54, 1.807) is 0 Å². The topological polar surface area (TPSA) is 49.5 Å². The van der Waals surface area contributed by atoms with Gasteiger partial charge in [-0.1, -0.05) is 24.4 Å². The zero-order chi connectivity index (χ0) is 14.0. The van der Waals surface area contributed by atoms with E-state index < -0.39 is 0 Å². The average molecular weight is 278 g/mol. The number of nitrogens with zero attached hydrogens (tertiary/aromatic N) is 1. The Balaban J connectivity index is 1.93. The Morgan fingerprint density at radius 1 is 1.47 bits per heavy atom. The zero-order valence-electron chi connectivity index (χ0n) is 11.6. The number of rotatable bonds is 5. The van der Waals surface area contributed by atoms with E-state index in [9.17, 15) is 5.11 Å². The fourth-order valence-electron chi connectivity index (χ4n) is 2.67. The lowest BCUT2D eigenvalue weighted by atomic mass is 9.82. The van der Waals surface area contributed by atoms with Crippen molar-refractivity contribution in [2.24, 2.45) is 11.7 Å². The molecule has 0 heterocycles. The predicted molar refractivity (Wildman–Crippen MR) is 82.1 cm³/mol. The molecule has 3 N–H and O–H groups in total. The van der Waals surface area contributed by atoms with Crippen LogP contribution in [0.25, 0.3) is 0 Å². The highest BCUT2D eigenvalue weighted by Gasteiger charge is 2.27. The standard InChI is InChI=1S/C15H22N2OS/c1-10-5-12(15(16)19)3-4-13(10)9-17(2)8-11-6-14(18)7-11/h3-5,11,14,18H,6-9H2,1-2H3,(H2,16,19). The van der Waals surface area contributed by atoms with Crippen LogP contribution in [0.4, 0.5) is 0 Å². The summed E-state index contributed by atoms with van der Waals surface area (Å²) in [5.74, 6) is 0.649. The van der Waals surface area contributed by atoms with Crippen LogP contribution in [-0.4, -0.2) is 34.7 Å². The number of hydrogen-bond acceptors (Lipinski definition) is 3. The number of nitrogens with two attached hydrogens (primary N) is 1. The maximum atomic E-state index is 9.31. The van der Waals surface area contributed by atoms with Crippen LogP contribution >= 0.6 is 12.2 Å². The molecule has 0 aromatic heterocycles. The van der Waals surface area contributed by atoms with E-state index in [2.05, 4.69) is 31.0 Å². The van der Waals surface area contributed by atoms with Crippen molar-refractivity contribution in [2.45, 2.75) is 32.4 Å². The maximum absolute atomic E-state index is 9.31. The fraction of sp³-hybridized carbons (Fsp3) is 0.533. The summed E-state index contributed by atoms with van der Waals surface area (Å²) in [5.41, 5.74) is 9.10. The van der Waals surface area contributed by atoms with Crippen molar-refractivity contribution in [3.05, 3.63) is 34.9 Å². The van der Waals surface area contributed by atoms with Crippen LogP contribution in [0.3, 0.4) is 0 Å². The van der Waals surface area contributed by atoms with Gasteiger partial charge in [0.25, 0.3) is 0 Å². The molecule has 0 unspecified atom stereocenters. The molecule has 1 aliphatic rings. The molecule has 4 heteroatoms. The van der Waals surface area contributed by atoms with Crippen LogP contribution in [0.1, 0.15) is 29.5 Å². The maximum Gasteiger partial charge on any atom is 0.103 e. The number of aliphatic hydroxyl groups excluding tert-OH is 1. The first-order chi connectivity index (χ1) is 8.95. The molecule has 1 fully saturated rings. The van der Waals surface area contributed by atoms with E-state index in [-0.39, 0.29) is 6.10 Å². The largest absolute Gasteiger partial charge is 0.393 e. The Hall–Kier alpha value is -0.970. The highest BCUT2D eigenvalue weighted by Crippen LogP contribution is 2.28. The summed E-state index contributed by atoms with van der Waals surface area (Å²) >= 11 is 4.99. The molecule has 0 aliphatic heterocycles. The molecule has 0 spiro atoms. The molecule has 19 heavy (non-hydrogen) atoms. The lowest BCUT2D eigenvalue weighted by Gasteiger charge is -2.34. The smallest absolute Gasteiger partial charge is 0.103 e. The van der Waals surface area contributed by atoms with Gasteiger partial charge in [0, 0.05) is 18.7 Å². The second-order valence-corrected chi connectivity index (χ2v) is 6.13. The van der Waals surface area contributed by atoms with Crippen LogP contribution in [0, 0.1) is 12.8 Å². The molecular formula is C15H22N2OS. The minimum Gasteiger partial charge on any atom is -0.393 e. The number of aryl methyl sites for hydroxylation is 1. The second kappa shape index (κ2) is 5.99.